The van der Waals surface area contributed by atoms with Gasteiger partial charge >= 0.3 is 0 Å². The minimum absolute atomic E-state index is 0.00400. The molecule has 1 atom stereocenters. The van der Waals surface area contributed by atoms with E-state index in [1.165, 1.54) is 0 Å². The molecule has 1 spiro atoms. The summed E-state index contributed by atoms with van der Waals surface area (Å²) in [5, 5.41) is 2.96. The van der Waals surface area contributed by atoms with Gasteiger partial charge in [0.25, 0.3) is 6.01 Å². The molecule has 1 aromatic heterocycles. The number of carbonyl (C=O) groups is 2. The summed E-state index contributed by atoms with van der Waals surface area (Å²) in [5.74, 6) is 0.214. The van der Waals surface area contributed by atoms with Crippen molar-refractivity contribution in [3.63, 3.8) is 0 Å². The SMILES string of the molecule is CC1(C)CC(=O)C2=C(C1)NC(=O)[C@]21c2ccccc2-c2oc(N)nc21. The maximum atomic E-state index is 13.2. The first-order valence-electron chi connectivity index (χ1n) is 8.29. The predicted molar refractivity (Wildman–Crippen MR) is 90.3 cm³/mol. The summed E-state index contributed by atoms with van der Waals surface area (Å²) in [6, 6.07) is 7.47. The average molecular weight is 335 g/mol. The zero-order valence-corrected chi connectivity index (χ0v) is 14.0. The molecule has 1 amide bonds. The molecule has 6 nitrogen and oxygen atoms in total. The minimum atomic E-state index is -1.24. The Balaban J connectivity index is 1.88. The van der Waals surface area contributed by atoms with E-state index < -0.39 is 5.41 Å². The molecule has 2 heterocycles. The Bertz CT molecular complexity index is 1010. The van der Waals surface area contributed by atoms with Crippen LogP contribution in [0.4, 0.5) is 6.01 Å². The van der Waals surface area contributed by atoms with E-state index in [2.05, 4.69) is 10.3 Å². The summed E-state index contributed by atoms with van der Waals surface area (Å²) in [6.45, 7) is 4.07. The number of Topliss-reactive ketones (excluding diaryl/α,β-unsaturated/α-hetero) is 1. The van der Waals surface area contributed by atoms with E-state index in [9.17, 15) is 9.59 Å². The summed E-state index contributed by atoms with van der Waals surface area (Å²) in [6.07, 6.45) is 1.04. The van der Waals surface area contributed by atoms with Crippen LogP contribution in [0.5, 0.6) is 0 Å². The Kier molecular flexibility index (Phi) is 2.43. The number of allylic oxidation sites excluding steroid dienone is 1. The van der Waals surface area contributed by atoms with Gasteiger partial charge in [0.2, 0.25) is 5.91 Å². The number of rotatable bonds is 0. The highest BCUT2D eigenvalue weighted by atomic mass is 16.4. The number of nitrogen functional groups attached to an aromatic ring is 1. The van der Waals surface area contributed by atoms with Crippen LogP contribution in [0.3, 0.4) is 0 Å². The fourth-order valence-electron chi connectivity index (χ4n) is 4.60. The lowest BCUT2D eigenvalue weighted by molar-refractivity contribution is -0.124. The normalized spacial score (nSPS) is 25.8. The third-order valence-electron chi connectivity index (χ3n) is 5.43. The van der Waals surface area contributed by atoms with Gasteiger partial charge in [-0.25, -0.2) is 0 Å². The predicted octanol–water partition coefficient (Wildman–Crippen LogP) is 2.30. The van der Waals surface area contributed by atoms with Crippen molar-refractivity contribution in [2.75, 3.05) is 5.73 Å². The molecule has 0 bridgehead atoms. The number of oxazole rings is 1. The number of nitrogens with one attached hydrogen (secondary N) is 1. The molecule has 3 N–H and O–H groups in total. The highest BCUT2D eigenvalue weighted by molar-refractivity contribution is 6.16. The van der Waals surface area contributed by atoms with Crippen LogP contribution in [0, 0.1) is 5.41 Å². The fourth-order valence-corrected chi connectivity index (χ4v) is 4.60. The van der Waals surface area contributed by atoms with E-state index >= 15 is 0 Å². The number of hydrogen-bond acceptors (Lipinski definition) is 5. The van der Waals surface area contributed by atoms with Crippen molar-refractivity contribution in [2.45, 2.75) is 32.1 Å². The lowest BCUT2D eigenvalue weighted by Crippen LogP contribution is -2.40. The van der Waals surface area contributed by atoms with Gasteiger partial charge in [0.15, 0.2) is 17.0 Å². The van der Waals surface area contributed by atoms with Crippen molar-refractivity contribution < 1.29 is 14.0 Å². The Hall–Kier alpha value is -2.89. The number of hydrogen-bond donors (Lipinski definition) is 2. The molecule has 2 aromatic rings. The minimum Gasteiger partial charge on any atom is -0.423 e. The first kappa shape index (κ1) is 14.5. The third kappa shape index (κ3) is 1.57. The second kappa shape index (κ2) is 4.20. The highest BCUT2D eigenvalue weighted by Gasteiger charge is 2.62. The first-order valence-corrected chi connectivity index (χ1v) is 8.29. The second-order valence-electron chi connectivity index (χ2n) is 7.77. The molecule has 1 aromatic carbocycles. The molecular formula is C19H17N3O3. The van der Waals surface area contributed by atoms with Crippen LogP contribution in [-0.2, 0) is 15.0 Å². The van der Waals surface area contributed by atoms with Gasteiger partial charge in [-0.2, -0.15) is 4.98 Å². The monoisotopic (exact) mass is 335 g/mol. The number of nitrogens with zero attached hydrogens (tertiary/aromatic N) is 1. The number of nitrogens with two attached hydrogens (primary N) is 1. The van der Waals surface area contributed by atoms with Gasteiger partial charge in [-0.05, 0) is 17.4 Å². The van der Waals surface area contributed by atoms with Gasteiger partial charge in [0, 0.05) is 23.3 Å². The Morgan fingerprint density at radius 1 is 1.20 bits per heavy atom. The van der Waals surface area contributed by atoms with Crippen LogP contribution in [-0.4, -0.2) is 16.7 Å². The smallest absolute Gasteiger partial charge is 0.292 e. The average Bonchev–Trinajstić information content (AvgIpc) is 3.11. The molecule has 126 valence electrons. The summed E-state index contributed by atoms with van der Waals surface area (Å²) in [5.41, 5.74) is 7.51. The maximum Gasteiger partial charge on any atom is 0.292 e. The molecule has 1 aliphatic heterocycles. The zero-order valence-electron chi connectivity index (χ0n) is 14.0. The van der Waals surface area contributed by atoms with Crippen molar-refractivity contribution in [1.82, 2.24) is 10.3 Å². The summed E-state index contributed by atoms with van der Waals surface area (Å²) in [4.78, 5) is 30.6. The fraction of sp³-hybridized carbons (Fsp3) is 0.316. The zero-order chi connectivity index (χ0) is 17.6. The van der Waals surface area contributed by atoms with E-state index in [-0.39, 0.29) is 23.1 Å². The Morgan fingerprint density at radius 3 is 2.76 bits per heavy atom. The standard InChI is InChI=1S/C19H17N3O3/c1-18(2)7-11-13(12(23)8-18)19(16(24)21-11)10-6-4-3-5-9(10)14-15(19)22-17(20)25-14/h3-6H,7-8H2,1-2H3,(H2,20,22)(H,21,24)/t19-/m1/s1. The van der Waals surface area contributed by atoms with Crippen LogP contribution in [0.25, 0.3) is 11.3 Å². The van der Waals surface area contributed by atoms with Crippen LogP contribution in [0.2, 0.25) is 0 Å². The van der Waals surface area contributed by atoms with E-state index in [0.29, 0.717) is 35.6 Å². The lowest BCUT2D eigenvalue weighted by atomic mass is 9.67. The van der Waals surface area contributed by atoms with E-state index in [1.807, 2.05) is 38.1 Å². The molecule has 25 heavy (non-hydrogen) atoms. The summed E-state index contributed by atoms with van der Waals surface area (Å²) in [7, 11) is 0. The van der Waals surface area contributed by atoms with Crippen molar-refractivity contribution in [2.24, 2.45) is 5.41 Å². The number of ketones is 1. The topological polar surface area (TPSA) is 98.2 Å². The van der Waals surface area contributed by atoms with Crippen molar-refractivity contribution >= 4 is 17.7 Å². The maximum absolute atomic E-state index is 13.2. The van der Waals surface area contributed by atoms with Gasteiger partial charge in [-0.15, -0.1) is 0 Å². The van der Waals surface area contributed by atoms with E-state index in [0.717, 1.165) is 11.1 Å². The number of amides is 1. The van der Waals surface area contributed by atoms with Crippen molar-refractivity contribution in [1.29, 1.82) is 0 Å². The van der Waals surface area contributed by atoms with Gasteiger partial charge in [0.05, 0.1) is 0 Å². The largest absolute Gasteiger partial charge is 0.423 e. The molecule has 5 rings (SSSR count). The van der Waals surface area contributed by atoms with E-state index in [4.69, 9.17) is 10.2 Å². The highest BCUT2D eigenvalue weighted by Crippen LogP contribution is 2.58. The molecule has 6 heteroatoms. The van der Waals surface area contributed by atoms with Crippen LogP contribution >= 0.6 is 0 Å². The molecule has 3 aliphatic rings. The Morgan fingerprint density at radius 2 is 1.96 bits per heavy atom. The summed E-state index contributed by atoms with van der Waals surface area (Å²) >= 11 is 0. The van der Waals surface area contributed by atoms with Gasteiger partial charge in [-0.3, -0.25) is 9.59 Å². The van der Waals surface area contributed by atoms with Gasteiger partial charge in [0.1, 0.15) is 5.69 Å². The molecule has 2 aliphatic carbocycles. The van der Waals surface area contributed by atoms with Crippen LogP contribution in [0.1, 0.15) is 37.9 Å². The van der Waals surface area contributed by atoms with Gasteiger partial charge < -0.3 is 15.5 Å². The van der Waals surface area contributed by atoms with Crippen LogP contribution in [0.15, 0.2) is 40.0 Å². The van der Waals surface area contributed by atoms with Crippen LogP contribution < -0.4 is 11.1 Å². The number of aromatic nitrogens is 1. The molecule has 0 unspecified atom stereocenters. The molecule has 0 saturated carbocycles. The van der Waals surface area contributed by atoms with Crippen molar-refractivity contribution in [3.05, 3.63) is 46.8 Å². The quantitative estimate of drug-likeness (QED) is 0.770. The number of anilines is 1. The number of carbonyl (C=O) groups excluding carboxylic acids is 2. The Labute approximate surface area is 144 Å². The molecule has 0 saturated heterocycles. The van der Waals surface area contributed by atoms with Crippen molar-refractivity contribution in [3.8, 4) is 11.3 Å². The first-order chi connectivity index (χ1) is 11.8. The van der Waals surface area contributed by atoms with Gasteiger partial charge in [-0.1, -0.05) is 38.1 Å². The second-order valence-corrected chi connectivity index (χ2v) is 7.77. The number of fused-ring (bicyclic) bond motifs is 6. The number of benzene rings is 1. The van der Waals surface area contributed by atoms with E-state index in [1.54, 1.807) is 0 Å². The molecule has 0 fully saturated rings. The lowest BCUT2D eigenvalue weighted by Gasteiger charge is -2.32. The summed E-state index contributed by atoms with van der Waals surface area (Å²) < 4.78 is 5.60. The third-order valence-corrected chi connectivity index (χ3v) is 5.43. The molecule has 0 radical (unpaired) electrons. The molecular weight excluding hydrogens is 318 g/mol.